The molecule has 0 bridgehead atoms. The fourth-order valence-corrected chi connectivity index (χ4v) is 3.69. The maximum Gasteiger partial charge on any atom is 0.331 e. The molecule has 1 aromatic rings. The Morgan fingerprint density at radius 1 is 1.30 bits per heavy atom. The summed E-state index contributed by atoms with van der Waals surface area (Å²) in [6.45, 7) is 1.88. The van der Waals surface area contributed by atoms with Crippen molar-refractivity contribution in [1.29, 1.82) is 0 Å². The van der Waals surface area contributed by atoms with Crippen LogP contribution in [-0.2, 0) is 14.3 Å². The number of hydrogen-bond donors (Lipinski definition) is 1. The van der Waals surface area contributed by atoms with E-state index in [1.54, 1.807) is 13.0 Å². The number of hydrazone groups is 1. The Morgan fingerprint density at radius 2 is 2.00 bits per heavy atom. The lowest BCUT2D eigenvalue weighted by Gasteiger charge is -2.22. The predicted molar refractivity (Wildman–Crippen MR) is 101 cm³/mol. The molecule has 1 saturated carbocycles. The number of Topliss-reactive ketones (excluding diaryl/α,β-unsaturated/α-hetero) is 1. The molecule has 1 aliphatic carbocycles. The molecule has 27 heavy (non-hydrogen) atoms. The molecule has 1 fully saturated rings. The highest BCUT2D eigenvalue weighted by Crippen LogP contribution is 2.30. The molecule has 8 heteroatoms. The maximum atomic E-state index is 12.9. The zero-order valence-corrected chi connectivity index (χ0v) is 15.9. The van der Waals surface area contributed by atoms with Gasteiger partial charge in [-0.25, -0.2) is 9.80 Å². The molecule has 1 amide bonds. The summed E-state index contributed by atoms with van der Waals surface area (Å²) in [5.74, 6) is -1.40. The predicted octanol–water partition coefficient (Wildman–Crippen LogP) is 2.82. The summed E-state index contributed by atoms with van der Waals surface area (Å²) in [7, 11) is 0. The molecular weight excluding hydrogens is 370 g/mol. The van der Waals surface area contributed by atoms with Crippen LogP contribution in [0.1, 0.15) is 49.4 Å². The van der Waals surface area contributed by atoms with Crippen LogP contribution in [0.25, 0.3) is 0 Å². The van der Waals surface area contributed by atoms with Gasteiger partial charge in [-0.2, -0.15) is 5.10 Å². The summed E-state index contributed by atoms with van der Waals surface area (Å²) in [6, 6.07) is 3.66. The van der Waals surface area contributed by atoms with Crippen LogP contribution < -0.4 is 5.73 Å². The first kappa shape index (κ1) is 19.4. The van der Waals surface area contributed by atoms with E-state index in [1.807, 2.05) is 0 Å². The Balaban J connectivity index is 1.89. The Kier molecular flexibility index (Phi) is 5.79. The third-order valence-electron chi connectivity index (χ3n) is 4.92. The number of nitrogens with two attached hydrogens (primary N) is 1. The number of amides is 1. The molecule has 144 valence electrons. The van der Waals surface area contributed by atoms with Crippen LogP contribution in [0.5, 0.6) is 0 Å². The molecule has 7 nitrogen and oxygen atoms in total. The van der Waals surface area contributed by atoms with Gasteiger partial charge in [0, 0.05) is 28.6 Å². The van der Waals surface area contributed by atoms with Crippen molar-refractivity contribution in [3.8, 4) is 0 Å². The number of ketones is 1. The molecule has 0 aromatic heterocycles. The van der Waals surface area contributed by atoms with Crippen LogP contribution in [0, 0.1) is 5.92 Å². The molecule has 0 spiro atoms. The molecule has 0 saturated heterocycles. The van der Waals surface area contributed by atoms with Gasteiger partial charge in [-0.05, 0) is 38.0 Å². The Hall–Kier alpha value is -2.41. The van der Waals surface area contributed by atoms with Gasteiger partial charge in [0.05, 0.1) is 6.61 Å². The third-order valence-corrected chi connectivity index (χ3v) is 5.16. The average molecular weight is 392 g/mol. The molecular formula is C19H22ClN3O4. The van der Waals surface area contributed by atoms with Crippen molar-refractivity contribution in [2.24, 2.45) is 11.0 Å². The van der Waals surface area contributed by atoms with Gasteiger partial charge in [0.2, 0.25) is 11.7 Å². The molecule has 1 unspecified atom stereocenters. The first-order valence-electron chi connectivity index (χ1n) is 9.09. The summed E-state index contributed by atoms with van der Waals surface area (Å²) in [4.78, 5) is 38.1. The summed E-state index contributed by atoms with van der Waals surface area (Å²) in [5, 5.41) is 5.72. The van der Waals surface area contributed by atoms with E-state index in [0.29, 0.717) is 5.02 Å². The number of carbonyl (C=O) groups is 3. The minimum Gasteiger partial charge on any atom is -0.464 e. The Morgan fingerprint density at radius 3 is 2.67 bits per heavy atom. The monoisotopic (exact) mass is 391 g/mol. The van der Waals surface area contributed by atoms with E-state index in [-0.39, 0.29) is 41.8 Å². The van der Waals surface area contributed by atoms with Crippen molar-refractivity contribution in [1.82, 2.24) is 5.01 Å². The lowest BCUT2D eigenvalue weighted by molar-refractivity contribution is -0.155. The molecule has 0 radical (unpaired) electrons. The quantitative estimate of drug-likeness (QED) is 0.472. The van der Waals surface area contributed by atoms with Gasteiger partial charge in [0.15, 0.2) is 6.04 Å². The van der Waals surface area contributed by atoms with Gasteiger partial charge in [0.1, 0.15) is 5.71 Å². The van der Waals surface area contributed by atoms with E-state index >= 15 is 0 Å². The zero-order valence-electron chi connectivity index (χ0n) is 15.1. The highest BCUT2D eigenvalue weighted by Gasteiger charge is 2.42. The van der Waals surface area contributed by atoms with Gasteiger partial charge in [-0.1, -0.05) is 24.4 Å². The lowest BCUT2D eigenvalue weighted by atomic mass is 10.0. The third kappa shape index (κ3) is 3.98. The number of nitrogen functional groups attached to an aromatic ring is 1. The smallest absolute Gasteiger partial charge is 0.331 e. The first-order valence-corrected chi connectivity index (χ1v) is 9.47. The first-order chi connectivity index (χ1) is 12.9. The number of anilines is 1. The number of rotatable bonds is 5. The molecule has 2 N–H and O–H groups in total. The molecule has 1 atom stereocenters. The molecule has 1 heterocycles. The number of hydrogen-bond acceptors (Lipinski definition) is 6. The van der Waals surface area contributed by atoms with Crippen molar-refractivity contribution in [3.63, 3.8) is 0 Å². The molecule has 2 aliphatic rings. The minimum absolute atomic E-state index is 0.00206. The van der Waals surface area contributed by atoms with Gasteiger partial charge in [-0.15, -0.1) is 0 Å². The van der Waals surface area contributed by atoms with E-state index in [9.17, 15) is 14.4 Å². The summed E-state index contributed by atoms with van der Waals surface area (Å²) >= 11 is 5.97. The number of carbonyl (C=O) groups excluding carboxylic acids is 3. The van der Waals surface area contributed by atoms with E-state index in [4.69, 9.17) is 22.1 Å². The van der Waals surface area contributed by atoms with Gasteiger partial charge < -0.3 is 10.5 Å². The maximum absolute atomic E-state index is 12.9. The SMILES string of the molecule is CCOC(=O)C1CC(C(=O)c2cc(Cl)ccc2N)=NN1C(=O)C1CCCC1. The van der Waals surface area contributed by atoms with Gasteiger partial charge >= 0.3 is 5.97 Å². The van der Waals surface area contributed by atoms with Crippen LogP contribution in [-0.4, -0.2) is 41.0 Å². The Bertz CT molecular complexity index is 802. The van der Waals surface area contributed by atoms with Crippen LogP contribution in [0.15, 0.2) is 23.3 Å². The topological polar surface area (TPSA) is 102 Å². The fraction of sp³-hybridized carbons (Fsp3) is 0.474. The highest BCUT2D eigenvalue weighted by molar-refractivity contribution is 6.48. The Labute approximate surface area is 162 Å². The van der Waals surface area contributed by atoms with Crippen LogP contribution in [0.3, 0.4) is 0 Å². The lowest BCUT2D eigenvalue weighted by Crippen LogP contribution is -2.42. The highest BCUT2D eigenvalue weighted by atomic mass is 35.5. The number of nitrogens with zero attached hydrogens (tertiary/aromatic N) is 2. The van der Waals surface area contributed by atoms with E-state index < -0.39 is 17.8 Å². The van der Waals surface area contributed by atoms with Crippen molar-refractivity contribution < 1.29 is 19.1 Å². The van der Waals surface area contributed by atoms with Crippen molar-refractivity contribution in [3.05, 3.63) is 28.8 Å². The molecule has 1 aliphatic heterocycles. The molecule has 3 rings (SSSR count). The fourth-order valence-electron chi connectivity index (χ4n) is 3.51. The van der Waals surface area contributed by atoms with E-state index in [0.717, 1.165) is 30.7 Å². The number of halogens is 1. The van der Waals surface area contributed by atoms with Crippen molar-refractivity contribution >= 4 is 40.7 Å². The van der Waals surface area contributed by atoms with Crippen LogP contribution >= 0.6 is 11.6 Å². The van der Waals surface area contributed by atoms with Crippen LogP contribution in [0.2, 0.25) is 5.02 Å². The van der Waals surface area contributed by atoms with Crippen molar-refractivity contribution in [2.45, 2.75) is 45.1 Å². The minimum atomic E-state index is -0.919. The summed E-state index contributed by atoms with van der Waals surface area (Å²) < 4.78 is 5.08. The number of benzene rings is 1. The molecule has 1 aromatic carbocycles. The zero-order chi connectivity index (χ0) is 19.6. The summed E-state index contributed by atoms with van der Waals surface area (Å²) in [5.41, 5.74) is 6.46. The second-order valence-electron chi connectivity index (χ2n) is 6.74. The number of ether oxygens (including phenoxy) is 1. The number of esters is 1. The normalized spacial score (nSPS) is 19.9. The van der Waals surface area contributed by atoms with Crippen LogP contribution in [0.4, 0.5) is 5.69 Å². The van der Waals surface area contributed by atoms with E-state index in [1.165, 1.54) is 12.1 Å². The van der Waals surface area contributed by atoms with Gasteiger partial charge in [-0.3, -0.25) is 9.59 Å². The second-order valence-corrected chi connectivity index (χ2v) is 7.18. The van der Waals surface area contributed by atoms with Crippen molar-refractivity contribution in [2.75, 3.05) is 12.3 Å². The standard InChI is InChI=1S/C19H22ClN3O4/c1-2-27-19(26)16-10-15(17(24)13-9-12(20)7-8-14(13)21)22-23(16)18(25)11-5-3-4-6-11/h7-9,11,16H,2-6,10,21H2,1H3. The second kappa shape index (κ2) is 8.08. The van der Waals surface area contributed by atoms with Gasteiger partial charge in [0.25, 0.3) is 0 Å². The summed E-state index contributed by atoms with van der Waals surface area (Å²) in [6.07, 6.45) is 3.49. The largest absolute Gasteiger partial charge is 0.464 e. The average Bonchev–Trinajstić information content (AvgIpc) is 3.33. The van der Waals surface area contributed by atoms with E-state index in [2.05, 4.69) is 5.10 Å².